The summed E-state index contributed by atoms with van der Waals surface area (Å²) in [7, 11) is 0. The molecule has 2 heterocycles. The number of hydrogen-bond donors (Lipinski definition) is 2. The predicted molar refractivity (Wildman–Crippen MR) is 125 cm³/mol. The minimum Gasteiger partial charge on any atom is -0.395 e. The smallest absolute Gasteiger partial charge is 0.127 e. The quantitative estimate of drug-likeness (QED) is 0.722. The molecule has 0 amide bonds. The summed E-state index contributed by atoms with van der Waals surface area (Å²) in [5.74, 6) is 5.96. The Labute approximate surface area is 190 Å². The summed E-state index contributed by atoms with van der Waals surface area (Å²) in [5, 5.41) is 20.0. The van der Waals surface area contributed by atoms with Crippen LogP contribution in [0.15, 0.2) is 48.5 Å². The van der Waals surface area contributed by atoms with E-state index in [2.05, 4.69) is 33.8 Å². The van der Waals surface area contributed by atoms with Gasteiger partial charge >= 0.3 is 0 Å². The lowest BCUT2D eigenvalue weighted by Gasteiger charge is -2.57. The molecule has 4 nitrogen and oxygen atoms in total. The van der Waals surface area contributed by atoms with Crippen LogP contribution < -0.4 is 0 Å². The fraction of sp³-hybridized carbons (Fsp3) is 0.481. The van der Waals surface area contributed by atoms with Crippen molar-refractivity contribution in [2.24, 2.45) is 0 Å². The number of aliphatic hydroxyl groups is 2. The first kappa shape index (κ1) is 22.9. The molecule has 0 aromatic heterocycles. The van der Waals surface area contributed by atoms with Crippen molar-refractivity contribution in [3.8, 4) is 11.8 Å². The Hall–Kier alpha value is -2.23. The Balaban J connectivity index is 1.53. The molecule has 0 spiro atoms. The van der Waals surface area contributed by atoms with Crippen LogP contribution in [0, 0.1) is 17.7 Å². The van der Waals surface area contributed by atoms with Crippen molar-refractivity contribution in [2.45, 2.75) is 56.8 Å². The minimum atomic E-state index is -1.02. The third kappa shape index (κ3) is 5.22. The van der Waals surface area contributed by atoms with E-state index >= 15 is 0 Å². The molecule has 5 heteroatoms. The van der Waals surface area contributed by atoms with Crippen LogP contribution >= 0.6 is 0 Å². The van der Waals surface area contributed by atoms with Gasteiger partial charge in [0.1, 0.15) is 11.4 Å². The maximum Gasteiger partial charge on any atom is 0.127 e. The first-order chi connectivity index (χ1) is 15.4. The molecule has 32 heavy (non-hydrogen) atoms. The van der Waals surface area contributed by atoms with E-state index < -0.39 is 5.60 Å². The van der Waals surface area contributed by atoms with E-state index in [1.807, 2.05) is 24.3 Å². The molecule has 3 atom stereocenters. The predicted octanol–water partition coefficient (Wildman–Crippen LogP) is 3.37. The Bertz CT molecular complexity index is 974. The standard InChI is InChI=1S/C27H33FN2O2/c1-27(2,32)14-13-20-9-11-21(12-10-20)26-24-18-29(17-22-7-3-4-8-23(22)28)15-5-6-16-30(24)25(26)19-31/h3-4,7-12,24-26,31-32H,5-6,15-19H2,1-2H3/t24-,25+,26+/m0/s1. The van der Waals surface area contributed by atoms with E-state index in [1.54, 1.807) is 19.9 Å². The van der Waals surface area contributed by atoms with Crippen LogP contribution in [0.3, 0.4) is 0 Å². The molecule has 4 rings (SSSR count). The van der Waals surface area contributed by atoms with Crippen molar-refractivity contribution in [1.82, 2.24) is 9.80 Å². The summed E-state index contributed by atoms with van der Waals surface area (Å²) >= 11 is 0. The highest BCUT2D eigenvalue weighted by Gasteiger charge is 2.49. The largest absolute Gasteiger partial charge is 0.395 e. The Morgan fingerprint density at radius 3 is 2.47 bits per heavy atom. The van der Waals surface area contributed by atoms with Gasteiger partial charge in [-0.1, -0.05) is 42.2 Å². The number of rotatable bonds is 4. The van der Waals surface area contributed by atoms with Crippen molar-refractivity contribution in [1.29, 1.82) is 0 Å². The highest BCUT2D eigenvalue weighted by Crippen LogP contribution is 2.42. The van der Waals surface area contributed by atoms with E-state index in [0.29, 0.717) is 12.6 Å². The SMILES string of the molecule is CC(C)(O)C#Cc1ccc([C@H]2[C@@H](CO)N3CCCCN(Cc4ccccc4F)C[C@@H]23)cc1. The number of hydrogen-bond acceptors (Lipinski definition) is 4. The number of halogens is 1. The zero-order chi connectivity index (χ0) is 22.7. The van der Waals surface area contributed by atoms with Crippen molar-refractivity contribution in [3.63, 3.8) is 0 Å². The zero-order valence-electron chi connectivity index (χ0n) is 19.0. The molecule has 2 N–H and O–H groups in total. The van der Waals surface area contributed by atoms with Crippen LogP contribution in [0.25, 0.3) is 0 Å². The van der Waals surface area contributed by atoms with Gasteiger partial charge in [-0.3, -0.25) is 9.80 Å². The van der Waals surface area contributed by atoms with Gasteiger partial charge in [0.05, 0.1) is 6.61 Å². The Morgan fingerprint density at radius 1 is 1.06 bits per heavy atom. The van der Waals surface area contributed by atoms with E-state index in [0.717, 1.165) is 43.6 Å². The second kappa shape index (κ2) is 9.72. The van der Waals surface area contributed by atoms with Crippen LogP contribution in [0.5, 0.6) is 0 Å². The van der Waals surface area contributed by atoms with Crippen molar-refractivity contribution in [2.75, 3.05) is 26.2 Å². The second-order valence-corrected chi connectivity index (χ2v) is 9.55. The van der Waals surface area contributed by atoms with Gasteiger partial charge in [-0.2, -0.15) is 0 Å². The average molecular weight is 437 g/mol. The van der Waals surface area contributed by atoms with Crippen LogP contribution in [-0.4, -0.2) is 63.9 Å². The third-order valence-corrected chi connectivity index (χ3v) is 6.61. The molecule has 2 saturated heterocycles. The van der Waals surface area contributed by atoms with Gasteiger partial charge in [-0.15, -0.1) is 0 Å². The van der Waals surface area contributed by atoms with E-state index in [4.69, 9.17) is 0 Å². The molecule has 2 aliphatic heterocycles. The first-order valence-corrected chi connectivity index (χ1v) is 11.5. The lowest BCUT2D eigenvalue weighted by Crippen LogP contribution is -2.67. The molecule has 2 fully saturated rings. The van der Waals surface area contributed by atoms with Crippen LogP contribution in [0.4, 0.5) is 4.39 Å². The van der Waals surface area contributed by atoms with Gasteiger partial charge < -0.3 is 10.2 Å². The van der Waals surface area contributed by atoms with Crippen LogP contribution in [0.2, 0.25) is 0 Å². The number of aliphatic hydroxyl groups excluding tert-OH is 1. The van der Waals surface area contributed by atoms with E-state index in [1.165, 1.54) is 11.6 Å². The van der Waals surface area contributed by atoms with E-state index in [9.17, 15) is 14.6 Å². The van der Waals surface area contributed by atoms with Crippen molar-refractivity contribution in [3.05, 3.63) is 71.0 Å². The van der Waals surface area contributed by atoms with Gasteiger partial charge in [0.25, 0.3) is 0 Å². The van der Waals surface area contributed by atoms with E-state index in [-0.39, 0.29) is 24.4 Å². The minimum absolute atomic E-state index is 0.113. The molecule has 2 aliphatic rings. The molecule has 0 unspecified atom stereocenters. The van der Waals surface area contributed by atoms with Gasteiger partial charge in [-0.25, -0.2) is 4.39 Å². The lowest BCUT2D eigenvalue weighted by atomic mass is 9.74. The molecule has 0 saturated carbocycles. The summed E-state index contributed by atoms with van der Waals surface area (Å²) in [6.07, 6.45) is 2.16. The number of fused-ring (bicyclic) bond motifs is 1. The molecule has 2 aromatic rings. The van der Waals surface area contributed by atoms with Gasteiger partial charge in [0, 0.05) is 42.2 Å². The summed E-state index contributed by atoms with van der Waals surface area (Å²) in [4.78, 5) is 4.79. The van der Waals surface area contributed by atoms with Crippen molar-refractivity contribution < 1.29 is 14.6 Å². The number of benzene rings is 2. The highest BCUT2D eigenvalue weighted by molar-refractivity contribution is 5.40. The monoisotopic (exact) mass is 436 g/mol. The number of nitrogens with zero attached hydrogens (tertiary/aromatic N) is 2. The normalized spacial score (nSPS) is 24.5. The molecule has 0 radical (unpaired) electrons. The molecule has 2 aromatic carbocycles. The van der Waals surface area contributed by atoms with Gasteiger partial charge in [0.2, 0.25) is 0 Å². The Kier molecular flexibility index (Phi) is 6.97. The highest BCUT2D eigenvalue weighted by atomic mass is 19.1. The topological polar surface area (TPSA) is 46.9 Å². The zero-order valence-corrected chi connectivity index (χ0v) is 19.0. The van der Waals surface area contributed by atoms with Crippen molar-refractivity contribution >= 4 is 0 Å². The second-order valence-electron chi connectivity index (χ2n) is 9.55. The fourth-order valence-electron chi connectivity index (χ4n) is 5.04. The summed E-state index contributed by atoms with van der Waals surface area (Å²) in [5.41, 5.74) is 1.79. The first-order valence-electron chi connectivity index (χ1n) is 11.5. The summed E-state index contributed by atoms with van der Waals surface area (Å²) in [6, 6.07) is 15.6. The van der Waals surface area contributed by atoms with Gasteiger partial charge in [0.15, 0.2) is 0 Å². The lowest BCUT2D eigenvalue weighted by molar-refractivity contribution is -0.0656. The molecular formula is C27H33FN2O2. The average Bonchev–Trinajstić information content (AvgIpc) is 2.74. The molecule has 0 aliphatic carbocycles. The summed E-state index contributed by atoms with van der Waals surface area (Å²) in [6.45, 7) is 6.90. The molecular weight excluding hydrogens is 403 g/mol. The molecule has 0 bridgehead atoms. The summed E-state index contributed by atoms with van der Waals surface area (Å²) < 4.78 is 14.2. The third-order valence-electron chi connectivity index (χ3n) is 6.61. The van der Waals surface area contributed by atoms with Crippen LogP contribution in [0.1, 0.15) is 49.3 Å². The maximum atomic E-state index is 14.2. The van der Waals surface area contributed by atoms with Gasteiger partial charge in [-0.05, 0) is 63.5 Å². The maximum absolute atomic E-state index is 14.2. The fourth-order valence-corrected chi connectivity index (χ4v) is 5.04. The molecule has 170 valence electrons. The Morgan fingerprint density at radius 2 is 1.78 bits per heavy atom. The van der Waals surface area contributed by atoms with Crippen LogP contribution in [-0.2, 0) is 6.54 Å².